The van der Waals surface area contributed by atoms with Crippen LogP contribution in [-0.2, 0) is 0 Å². The van der Waals surface area contributed by atoms with E-state index < -0.39 is 0 Å². The van der Waals surface area contributed by atoms with Crippen LogP contribution in [0.2, 0.25) is 0 Å². The lowest BCUT2D eigenvalue weighted by atomic mass is 9.91. The maximum absolute atomic E-state index is 9.42. The lowest BCUT2D eigenvalue weighted by molar-refractivity contribution is 0.294. The van der Waals surface area contributed by atoms with Crippen molar-refractivity contribution in [2.24, 2.45) is 0 Å². The van der Waals surface area contributed by atoms with Crippen molar-refractivity contribution in [2.75, 3.05) is 19.6 Å². The third-order valence-corrected chi connectivity index (χ3v) is 4.15. The molecule has 3 heteroatoms. The summed E-state index contributed by atoms with van der Waals surface area (Å²) in [5.41, 5.74) is -0.249. The quantitative estimate of drug-likeness (QED) is 0.736. The van der Waals surface area contributed by atoms with E-state index in [1.165, 1.54) is 45.3 Å². The number of hydrogen-bond acceptors (Lipinski definition) is 3. The van der Waals surface area contributed by atoms with Crippen molar-refractivity contribution in [3.05, 3.63) is 0 Å². The number of nitrogens with zero attached hydrogens (tertiary/aromatic N) is 2. The molecule has 0 radical (unpaired) electrons. The van der Waals surface area contributed by atoms with Crippen LogP contribution in [0.15, 0.2) is 0 Å². The second-order valence-corrected chi connectivity index (χ2v) is 5.62. The van der Waals surface area contributed by atoms with Gasteiger partial charge in [0.25, 0.3) is 0 Å². The molecule has 1 unspecified atom stereocenters. The highest BCUT2D eigenvalue weighted by Crippen LogP contribution is 2.26. The van der Waals surface area contributed by atoms with E-state index in [9.17, 15) is 5.26 Å². The van der Waals surface area contributed by atoms with Crippen molar-refractivity contribution in [1.29, 1.82) is 5.26 Å². The Morgan fingerprint density at radius 3 is 2.59 bits per heavy atom. The third kappa shape index (κ3) is 3.69. The van der Waals surface area contributed by atoms with E-state index in [1.54, 1.807) is 0 Å². The maximum Gasteiger partial charge on any atom is 0.106 e. The normalized spacial score (nSPS) is 24.5. The molecule has 0 aromatic heterocycles. The van der Waals surface area contributed by atoms with Gasteiger partial charge in [-0.2, -0.15) is 5.26 Å². The number of likely N-dealkylation sites (tertiary alicyclic amines) is 1. The van der Waals surface area contributed by atoms with Crippen LogP contribution in [0.3, 0.4) is 0 Å². The zero-order valence-corrected chi connectivity index (χ0v) is 11.0. The Hall–Kier alpha value is -0.590. The molecule has 1 saturated carbocycles. The molecule has 17 heavy (non-hydrogen) atoms. The van der Waals surface area contributed by atoms with Gasteiger partial charge in [0.05, 0.1) is 6.07 Å². The molecule has 1 saturated heterocycles. The van der Waals surface area contributed by atoms with Crippen molar-refractivity contribution >= 4 is 0 Å². The highest BCUT2D eigenvalue weighted by molar-refractivity contribution is 5.09. The minimum absolute atomic E-state index is 0.249. The van der Waals surface area contributed by atoms with Crippen LogP contribution in [0.4, 0.5) is 0 Å². The standard InChI is InChI=1S/C14H25N3/c1-2-14(12-15,16-13-6-7-13)8-5-11-17-9-3-4-10-17/h13,16H,2-11H2,1H3. The number of rotatable bonds is 7. The molecule has 0 aromatic rings. The molecule has 2 fully saturated rings. The summed E-state index contributed by atoms with van der Waals surface area (Å²) >= 11 is 0. The predicted octanol–water partition coefficient (Wildman–Crippen LogP) is 2.29. The Balaban J connectivity index is 1.74. The Morgan fingerprint density at radius 1 is 1.35 bits per heavy atom. The molecule has 1 atom stereocenters. The molecule has 0 amide bonds. The summed E-state index contributed by atoms with van der Waals surface area (Å²) in [6, 6.07) is 3.16. The van der Waals surface area contributed by atoms with Gasteiger partial charge in [0.15, 0.2) is 0 Å². The molecule has 1 aliphatic carbocycles. The van der Waals surface area contributed by atoms with Gasteiger partial charge in [-0.1, -0.05) is 6.92 Å². The number of nitrogens with one attached hydrogen (secondary N) is 1. The van der Waals surface area contributed by atoms with Crippen molar-refractivity contribution in [2.45, 2.75) is 63.5 Å². The number of hydrogen-bond donors (Lipinski definition) is 1. The van der Waals surface area contributed by atoms with E-state index in [1.807, 2.05) is 0 Å². The van der Waals surface area contributed by atoms with Crippen LogP contribution >= 0.6 is 0 Å². The second-order valence-electron chi connectivity index (χ2n) is 5.62. The first-order chi connectivity index (χ1) is 8.28. The molecule has 2 rings (SSSR count). The highest BCUT2D eigenvalue weighted by Gasteiger charge is 2.34. The summed E-state index contributed by atoms with van der Waals surface area (Å²) in [5.74, 6) is 0. The van der Waals surface area contributed by atoms with Crippen molar-refractivity contribution in [3.63, 3.8) is 0 Å². The fraction of sp³-hybridized carbons (Fsp3) is 0.929. The average Bonchev–Trinajstić information content (AvgIpc) is 3.01. The van der Waals surface area contributed by atoms with Gasteiger partial charge >= 0.3 is 0 Å². The highest BCUT2D eigenvalue weighted by atomic mass is 15.1. The lowest BCUT2D eigenvalue weighted by Crippen LogP contribution is -2.45. The molecule has 0 spiro atoms. The molecular weight excluding hydrogens is 210 g/mol. The first-order valence-corrected chi connectivity index (χ1v) is 7.19. The van der Waals surface area contributed by atoms with Gasteiger partial charge in [-0.05, 0) is 64.6 Å². The summed E-state index contributed by atoms with van der Waals surface area (Å²) in [7, 11) is 0. The molecule has 2 aliphatic rings. The number of nitriles is 1. The lowest BCUT2D eigenvalue weighted by Gasteiger charge is -2.27. The van der Waals surface area contributed by atoms with Gasteiger partial charge in [0.2, 0.25) is 0 Å². The molecule has 1 N–H and O–H groups in total. The van der Waals surface area contributed by atoms with E-state index in [0.717, 1.165) is 19.3 Å². The fourth-order valence-electron chi connectivity index (χ4n) is 2.75. The van der Waals surface area contributed by atoms with E-state index in [2.05, 4.69) is 23.2 Å². The first kappa shape index (κ1) is 12.9. The third-order valence-electron chi connectivity index (χ3n) is 4.15. The zero-order chi connectivity index (χ0) is 12.1. The molecule has 1 heterocycles. The molecule has 3 nitrogen and oxygen atoms in total. The monoisotopic (exact) mass is 235 g/mol. The minimum Gasteiger partial charge on any atom is -0.303 e. The van der Waals surface area contributed by atoms with E-state index in [4.69, 9.17) is 0 Å². The first-order valence-electron chi connectivity index (χ1n) is 7.19. The Labute approximate surface area is 105 Å². The zero-order valence-electron chi connectivity index (χ0n) is 11.0. The van der Waals surface area contributed by atoms with Gasteiger partial charge in [-0.3, -0.25) is 5.32 Å². The minimum atomic E-state index is -0.249. The summed E-state index contributed by atoms with van der Waals surface area (Å²) < 4.78 is 0. The van der Waals surface area contributed by atoms with E-state index >= 15 is 0 Å². The van der Waals surface area contributed by atoms with E-state index in [0.29, 0.717) is 6.04 Å². The van der Waals surface area contributed by atoms with Gasteiger partial charge < -0.3 is 4.90 Å². The molecular formula is C14H25N3. The van der Waals surface area contributed by atoms with Crippen LogP contribution in [0.1, 0.15) is 51.9 Å². The topological polar surface area (TPSA) is 39.1 Å². The Morgan fingerprint density at radius 2 is 2.06 bits per heavy atom. The van der Waals surface area contributed by atoms with Crippen LogP contribution in [0.25, 0.3) is 0 Å². The van der Waals surface area contributed by atoms with Gasteiger partial charge in [0, 0.05) is 6.04 Å². The molecule has 96 valence electrons. The van der Waals surface area contributed by atoms with Crippen LogP contribution in [-0.4, -0.2) is 36.1 Å². The maximum atomic E-state index is 9.42. The largest absolute Gasteiger partial charge is 0.303 e. The van der Waals surface area contributed by atoms with Gasteiger partial charge in [0.1, 0.15) is 5.54 Å². The van der Waals surface area contributed by atoms with Crippen LogP contribution in [0.5, 0.6) is 0 Å². The van der Waals surface area contributed by atoms with Crippen LogP contribution in [0, 0.1) is 11.3 Å². The van der Waals surface area contributed by atoms with Gasteiger partial charge in [-0.15, -0.1) is 0 Å². The van der Waals surface area contributed by atoms with Crippen molar-refractivity contribution in [1.82, 2.24) is 10.2 Å². The Kier molecular flexibility index (Phi) is 4.42. The van der Waals surface area contributed by atoms with Crippen molar-refractivity contribution in [3.8, 4) is 6.07 Å². The second kappa shape index (κ2) is 5.84. The summed E-state index contributed by atoms with van der Waals surface area (Å²) in [6.07, 6.45) is 8.33. The summed E-state index contributed by atoms with van der Waals surface area (Å²) in [4.78, 5) is 2.54. The SMILES string of the molecule is CCC(C#N)(CCCN1CCCC1)NC1CC1. The van der Waals surface area contributed by atoms with Crippen molar-refractivity contribution < 1.29 is 0 Å². The molecule has 0 bridgehead atoms. The fourth-order valence-corrected chi connectivity index (χ4v) is 2.75. The smallest absolute Gasteiger partial charge is 0.106 e. The molecule has 0 aromatic carbocycles. The summed E-state index contributed by atoms with van der Waals surface area (Å²) in [5, 5.41) is 13.0. The van der Waals surface area contributed by atoms with E-state index in [-0.39, 0.29) is 5.54 Å². The van der Waals surface area contributed by atoms with Crippen LogP contribution < -0.4 is 5.32 Å². The average molecular weight is 235 g/mol. The molecule has 1 aliphatic heterocycles. The Bertz CT molecular complexity index is 274. The summed E-state index contributed by atoms with van der Waals surface area (Å²) in [6.45, 7) is 5.84. The predicted molar refractivity (Wildman–Crippen MR) is 69.7 cm³/mol. The van der Waals surface area contributed by atoms with Gasteiger partial charge in [-0.25, -0.2) is 0 Å².